The van der Waals surface area contributed by atoms with Crippen LogP contribution in [0.2, 0.25) is 0 Å². The highest BCUT2D eigenvalue weighted by atomic mass is 19.1. The Bertz CT molecular complexity index is 606. The normalized spacial score (nSPS) is 12.9. The summed E-state index contributed by atoms with van der Waals surface area (Å²) in [5.74, 6) is -1.16. The number of rotatable bonds is 12. The Morgan fingerprint density at radius 3 is 2.57 bits per heavy atom. The van der Waals surface area contributed by atoms with Gasteiger partial charge in [0.2, 0.25) is 0 Å². The summed E-state index contributed by atoms with van der Waals surface area (Å²) < 4.78 is 24.7. The molecule has 1 N–H and O–H groups in total. The Labute approximate surface area is 168 Å². The number of amides is 1. The van der Waals surface area contributed by atoms with Crippen LogP contribution in [0.5, 0.6) is 0 Å². The zero-order chi connectivity index (χ0) is 20.8. The first-order chi connectivity index (χ1) is 13.5. The maximum Gasteiger partial charge on any atom is 0.292 e. The van der Waals surface area contributed by atoms with E-state index in [0.29, 0.717) is 13.2 Å². The third-order valence-electron chi connectivity index (χ3n) is 4.34. The van der Waals surface area contributed by atoms with Crippen LogP contribution >= 0.6 is 0 Å². The van der Waals surface area contributed by atoms with Crippen LogP contribution in [0.3, 0.4) is 0 Å². The lowest BCUT2D eigenvalue weighted by atomic mass is 10.2. The summed E-state index contributed by atoms with van der Waals surface area (Å²) in [5.41, 5.74) is -0.0437. The van der Waals surface area contributed by atoms with Gasteiger partial charge >= 0.3 is 0 Å². The number of nitrogens with zero attached hydrogens (tertiary/aromatic N) is 2. The standard InChI is InChI=1S/C21H34FN3O3/c1-5-25(6-2)14-10-11-17(4)23-21(28-16-15-27-7-3)24-20(26)18-12-8-9-13-19(18)22/h8-9,12-13,17H,5-7,10-11,14-16H2,1-4H3,(H,23,24,26)/t17-/m0/s1. The first kappa shape index (κ1) is 24.0. The smallest absolute Gasteiger partial charge is 0.292 e. The topological polar surface area (TPSA) is 63.2 Å². The predicted octanol–water partition coefficient (Wildman–Crippen LogP) is 3.48. The molecule has 1 rings (SSSR count). The molecule has 1 atom stereocenters. The third-order valence-corrected chi connectivity index (χ3v) is 4.34. The van der Waals surface area contributed by atoms with E-state index in [0.717, 1.165) is 32.5 Å². The molecule has 0 aliphatic rings. The van der Waals surface area contributed by atoms with Gasteiger partial charge in [0.1, 0.15) is 12.4 Å². The molecule has 0 aliphatic carbocycles. The van der Waals surface area contributed by atoms with Gasteiger partial charge in [-0.05, 0) is 58.5 Å². The number of nitrogens with one attached hydrogen (secondary N) is 1. The van der Waals surface area contributed by atoms with Gasteiger partial charge in [0.25, 0.3) is 11.9 Å². The van der Waals surface area contributed by atoms with Crippen LogP contribution in [-0.4, -0.2) is 62.3 Å². The minimum Gasteiger partial charge on any atom is -0.463 e. The molecule has 28 heavy (non-hydrogen) atoms. The molecule has 0 saturated heterocycles. The highest BCUT2D eigenvalue weighted by Gasteiger charge is 2.15. The molecule has 7 heteroatoms. The zero-order valence-electron chi connectivity index (χ0n) is 17.5. The van der Waals surface area contributed by atoms with Gasteiger partial charge in [0.05, 0.1) is 18.2 Å². The second-order valence-corrected chi connectivity index (χ2v) is 6.43. The number of hydrogen-bond donors (Lipinski definition) is 1. The number of amidine groups is 1. The Kier molecular flexibility index (Phi) is 12.1. The van der Waals surface area contributed by atoms with Gasteiger partial charge in [-0.15, -0.1) is 0 Å². The van der Waals surface area contributed by atoms with Crippen molar-refractivity contribution in [3.63, 3.8) is 0 Å². The number of carbonyl (C=O) groups excluding carboxylic acids is 1. The largest absolute Gasteiger partial charge is 0.463 e. The van der Waals surface area contributed by atoms with Crippen molar-refractivity contribution < 1.29 is 18.7 Å². The Morgan fingerprint density at radius 2 is 1.93 bits per heavy atom. The highest BCUT2D eigenvalue weighted by molar-refractivity contribution is 6.04. The van der Waals surface area contributed by atoms with Crippen molar-refractivity contribution in [1.29, 1.82) is 0 Å². The van der Waals surface area contributed by atoms with E-state index in [1.807, 2.05) is 13.8 Å². The number of hydrogen-bond acceptors (Lipinski definition) is 5. The van der Waals surface area contributed by atoms with E-state index in [1.165, 1.54) is 18.2 Å². The van der Waals surface area contributed by atoms with Gasteiger partial charge in [0.15, 0.2) is 0 Å². The lowest BCUT2D eigenvalue weighted by molar-refractivity contribution is 0.0918. The summed E-state index contributed by atoms with van der Waals surface area (Å²) in [6.07, 6.45) is 1.87. The maximum absolute atomic E-state index is 13.8. The van der Waals surface area contributed by atoms with Crippen LogP contribution in [0.25, 0.3) is 0 Å². The number of benzene rings is 1. The second-order valence-electron chi connectivity index (χ2n) is 6.43. The molecule has 1 amide bonds. The summed E-state index contributed by atoms with van der Waals surface area (Å²) in [5, 5.41) is 2.59. The molecule has 0 bridgehead atoms. The molecular weight excluding hydrogens is 361 g/mol. The van der Waals surface area contributed by atoms with Crippen molar-refractivity contribution in [2.75, 3.05) is 39.5 Å². The van der Waals surface area contributed by atoms with Crippen LogP contribution in [-0.2, 0) is 9.47 Å². The van der Waals surface area contributed by atoms with Crippen LogP contribution in [0.4, 0.5) is 4.39 Å². The van der Waals surface area contributed by atoms with Crippen LogP contribution in [0, 0.1) is 5.82 Å². The van der Waals surface area contributed by atoms with Gasteiger partial charge in [-0.1, -0.05) is 26.0 Å². The fraction of sp³-hybridized carbons (Fsp3) is 0.619. The summed E-state index contributed by atoms with van der Waals surface area (Å²) in [4.78, 5) is 19.2. The fourth-order valence-electron chi connectivity index (χ4n) is 2.67. The van der Waals surface area contributed by atoms with Crippen molar-refractivity contribution in [2.45, 2.75) is 46.6 Å². The second kappa shape index (κ2) is 14.1. The van der Waals surface area contributed by atoms with Gasteiger partial charge in [0, 0.05) is 6.61 Å². The summed E-state index contributed by atoms with van der Waals surface area (Å²) in [6, 6.07) is 5.90. The minimum atomic E-state index is -0.582. The molecule has 1 aromatic rings. The quantitative estimate of drug-likeness (QED) is 0.334. The molecule has 0 unspecified atom stereocenters. The van der Waals surface area contributed by atoms with Gasteiger partial charge in [-0.25, -0.2) is 9.38 Å². The van der Waals surface area contributed by atoms with E-state index in [9.17, 15) is 9.18 Å². The zero-order valence-corrected chi connectivity index (χ0v) is 17.5. The average molecular weight is 396 g/mol. The maximum atomic E-state index is 13.8. The van der Waals surface area contributed by atoms with Crippen molar-refractivity contribution in [3.8, 4) is 0 Å². The monoisotopic (exact) mass is 395 g/mol. The van der Waals surface area contributed by atoms with Gasteiger partial charge in [-0.3, -0.25) is 10.1 Å². The number of aliphatic imine (C=N–C) groups is 1. The van der Waals surface area contributed by atoms with Crippen molar-refractivity contribution >= 4 is 11.9 Å². The number of carbonyl (C=O) groups is 1. The molecule has 0 spiro atoms. The Morgan fingerprint density at radius 1 is 1.21 bits per heavy atom. The SMILES string of the molecule is CCOCCOC(=N[C@@H](C)CCCN(CC)CC)NC(=O)c1ccccc1F. The molecule has 1 aromatic carbocycles. The molecule has 6 nitrogen and oxygen atoms in total. The molecule has 158 valence electrons. The van der Waals surface area contributed by atoms with Crippen molar-refractivity contribution in [2.24, 2.45) is 4.99 Å². The lowest BCUT2D eigenvalue weighted by Gasteiger charge is -2.18. The Balaban J connectivity index is 2.70. The molecule has 0 fully saturated rings. The van der Waals surface area contributed by atoms with E-state index in [2.05, 4.69) is 29.1 Å². The highest BCUT2D eigenvalue weighted by Crippen LogP contribution is 2.07. The molecule has 0 aliphatic heterocycles. The lowest BCUT2D eigenvalue weighted by Crippen LogP contribution is -2.35. The molecule has 0 radical (unpaired) electrons. The van der Waals surface area contributed by atoms with Crippen LogP contribution in [0.15, 0.2) is 29.3 Å². The average Bonchev–Trinajstić information content (AvgIpc) is 2.68. The molecule has 0 aromatic heterocycles. The van der Waals surface area contributed by atoms with E-state index < -0.39 is 11.7 Å². The van der Waals surface area contributed by atoms with Crippen molar-refractivity contribution in [3.05, 3.63) is 35.6 Å². The molecule has 0 saturated carbocycles. The fourth-order valence-corrected chi connectivity index (χ4v) is 2.67. The van der Waals surface area contributed by atoms with Crippen LogP contribution < -0.4 is 5.32 Å². The molecule has 0 heterocycles. The first-order valence-corrected chi connectivity index (χ1v) is 10.1. The summed E-state index contributed by atoms with van der Waals surface area (Å²) in [7, 11) is 0. The van der Waals surface area contributed by atoms with Gasteiger partial charge in [-0.2, -0.15) is 0 Å². The summed E-state index contributed by atoms with van der Waals surface area (Å²) >= 11 is 0. The van der Waals surface area contributed by atoms with Crippen LogP contribution in [0.1, 0.15) is 50.9 Å². The van der Waals surface area contributed by atoms with Gasteiger partial charge < -0.3 is 14.4 Å². The van der Waals surface area contributed by atoms with Crippen molar-refractivity contribution in [1.82, 2.24) is 10.2 Å². The molecular formula is C21H34FN3O3. The summed E-state index contributed by atoms with van der Waals surface area (Å²) in [6.45, 7) is 12.5. The van der Waals surface area contributed by atoms with E-state index in [-0.39, 0.29) is 24.2 Å². The first-order valence-electron chi connectivity index (χ1n) is 10.1. The number of ether oxygens (including phenoxy) is 2. The minimum absolute atomic E-state index is 0.0291. The predicted molar refractivity (Wildman–Crippen MR) is 110 cm³/mol. The van der Waals surface area contributed by atoms with E-state index >= 15 is 0 Å². The van der Waals surface area contributed by atoms with E-state index in [4.69, 9.17) is 9.47 Å². The van der Waals surface area contributed by atoms with E-state index in [1.54, 1.807) is 6.07 Å². The third kappa shape index (κ3) is 9.28. The number of halogens is 1. The Hall–Kier alpha value is -1.99.